The van der Waals surface area contributed by atoms with Gasteiger partial charge in [-0.15, -0.1) is 0 Å². The minimum Gasteiger partial charge on any atom is -0.492 e. The average molecular weight is 476 g/mol. The molecule has 7 nitrogen and oxygen atoms in total. The van der Waals surface area contributed by atoms with E-state index in [0.717, 1.165) is 54.2 Å². The fourth-order valence-electron chi connectivity index (χ4n) is 4.34. The Labute approximate surface area is 202 Å². The minimum absolute atomic E-state index is 0.101. The second-order valence-corrected chi connectivity index (χ2v) is 9.31. The van der Waals surface area contributed by atoms with Gasteiger partial charge in [0.1, 0.15) is 18.9 Å². The molecule has 0 radical (unpaired) electrons. The van der Waals surface area contributed by atoms with Gasteiger partial charge in [-0.05, 0) is 48.9 Å². The molecule has 2 aromatic carbocycles. The van der Waals surface area contributed by atoms with Crippen LogP contribution < -0.4 is 4.74 Å². The van der Waals surface area contributed by atoms with Gasteiger partial charge in [0.05, 0.1) is 11.4 Å². The highest BCUT2D eigenvalue weighted by atomic mass is 32.2. The highest BCUT2D eigenvalue weighted by molar-refractivity contribution is 8.18. The standard InChI is InChI=1S/C26H25N3O4S/c30-24(27-12-6-7-13-27)18-28-17-19(21-10-4-5-11-22(21)28)16-23-25(31)29(26(32)34-23)14-15-33-20-8-2-1-3-9-20/h1-5,8-11,16-17H,6-7,12-15,18H2/b23-16-. The molecule has 1 aromatic heterocycles. The van der Waals surface area contributed by atoms with E-state index in [0.29, 0.717) is 10.7 Å². The van der Waals surface area contributed by atoms with Gasteiger partial charge in [-0.25, -0.2) is 0 Å². The maximum absolute atomic E-state index is 13.0. The van der Waals surface area contributed by atoms with E-state index in [2.05, 4.69) is 0 Å². The van der Waals surface area contributed by atoms with Crippen molar-refractivity contribution in [3.8, 4) is 5.75 Å². The van der Waals surface area contributed by atoms with Gasteiger partial charge in [-0.1, -0.05) is 36.4 Å². The first-order valence-electron chi connectivity index (χ1n) is 11.4. The summed E-state index contributed by atoms with van der Waals surface area (Å²) in [6.07, 6.45) is 5.75. The molecule has 34 heavy (non-hydrogen) atoms. The van der Waals surface area contributed by atoms with E-state index in [9.17, 15) is 14.4 Å². The summed E-state index contributed by atoms with van der Waals surface area (Å²) in [6.45, 7) is 2.29. The van der Waals surface area contributed by atoms with Gasteiger partial charge >= 0.3 is 0 Å². The molecule has 2 saturated heterocycles. The molecule has 0 bridgehead atoms. The van der Waals surface area contributed by atoms with Gasteiger partial charge in [0.25, 0.3) is 11.1 Å². The van der Waals surface area contributed by atoms with Crippen LogP contribution in [0.15, 0.2) is 65.7 Å². The van der Waals surface area contributed by atoms with Gasteiger partial charge in [-0.2, -0.15) is 0 Å². The van der Waals surface area contributed by atoms with E-state index in [1.165, 1.54) is 4.90 Å². The zero-order valence-corrected chi connectivity index (χ0v) is 19.5. The van der Waals surface area contributed by atoms with Crippen LogP contribution in [0.4, 0.5) is 4.79 Å². The molecule has 3 aromatic rings. The van der Waals surface area contributed by atoms with Crippen LogP contribution in [0.2, 0.25) is 0 Å². The summed E-state index contributed by atoms with van der Waals surface area (Å²) < 4.78 is 7.57. The summed E-state index contributed by atoms with van der Waals surface area (Å²) in [7, 11) is 0. The van der Waals surface area contributed by atoms with Crippen molar-refractivity contribution in [2.75, 3.05) is 26.2 Å². The number of amides is 3. The molecule has 5 rings (SSSR count). The molecule has 2 aliphatic heterocycles. The number of likely N-dealkylation sites (tertiary alicyclic amines) is 1. The molecule has 0 spiro atoms. The molecule has 2 fully saturated rings. The van der Waals surface area contributed by atoms with Crippen molar-refractivity contribution in [3.05, 3.63) is 71.3 Å². The Bertz CT molecular complexity index is 1260. The summed E-state index contributed by atoms with van der Waals surface area (Å²) in [5.41, 5.74) is 1.74. The number of fused-ring (bicyclic) bond motifs is 1. The van der Waals surface area contributed by atoms with Gasteiger partial charge < -0.3 is 14.2 Å². The number of nitrogens with zero attached hydrogens (tertiary/aromatic N) is 3. The van der Waals surface area contributed by atoms with Gasteiger partial charge in [0.2, 0.25) is 5.91 Å². The monoisotopic (exact) mass is 475 g/mol. The van der Waals surface area contributed by atoms with Crippen LogP contribution in [0.1, 0.15) is 18.4 Å². The second kappa shape index (κ2) is 9.77. The highest BCUT2D eigenvalue weighted by Gasteiger charge is 2.35. The van der Waals surface area contributed by atoms with Crippen LogP contribution in [-0.2, 0) is 16.1 Å². The lowest BCUT2D eigenvalue weighted by Crippen LogP contribution is -2.32. The number of carbonyl (C=O) groups excluding carboxylic acids is 3. The summed E-state index contributed by atoms with van der Waals surface area (Å²) in [5.74, 6) is 0.474. The molecule has 174 valence electrons. The van der Waals surface area contributed by atoms with Gasteiger partial charge in [0, 0.05) is 35.8 Å². The topological polar surface area (TPSA) is 71.9 Å². The first-order chi connectivity index (χ1) is 16.6. The average Bonchev–Trinajstić information content (AvgIpc) is 3.56. The lowest BCUT2D eigenvalue weighted by Gasteiger charge is -2.15. The van der Waals surface area contributed by atoms with Crippen LogP contribution in [0.25, 0.3) is 17.0 Å². The largest absolute Gasteiger partial charge is 0.492 e. The Hall–Kier alpha value is -3.52. The van der Waals surface area contributed by atoms with Gasteiger partial charge in [0.15, 0.2) is 0 Å². The summed E-state index contributed by atoms with van der Waals surface area (Å²) in [6, 6.07) is 17.1. The molecule has 8 heteroatoms. The lowest BCUT2D eigenvalue weighted by molar-refractivity contribution is -0.130. The molecular weight excluding hydrogens is 450 g/mol. The van der Waals surface area contributed by atoms with E-state index in [4.69, 9.17) is 4.74 Å². The van der Waals surface area contributed by atoms with Crippen molar-refractivity contribution in [2.45, 2.75) is 19.4 Å². The van der Waals surface area contributed by atoms with E-state index in [1.54, 1.807) is 6.08 Å². The summed E-state index contributed by atoms with van der Waals surface area (Å²) >= 11 is 0.934. The predicted molar refractivity (Wildman–Crippen MR) is 132 cm³/mol. The third kappa shape index (κ3) is 4.59. The number of aromatic nitrogens is 1. The van der Waals surface area contributed by atoms with Crippen molar-refractivity contribution >= 4 is 45.8 Å². The van der Waals surface area contributed by atoms with Crippen molar-refractivity contribution in [1.29, 1.82) is 0 Å². The first-order valence-corrected chi connectivity index (χ1v) is 12.2. The van der Waals surface area contributed by atoms with E-state index in [-0.39, 0.29) is 36.7 Å². The number of carbonyl (C=O) groups is 3. The van der Waals surface area contributed by atoms with Crippen molar-refractivity contribution in [2.24, 2.45) is 0 Å². The highest BCUT2D eigenvalue weighted by Crippen LogP contribution is 2.34. The second-order valence-electron chi connectivity index (χ2n) is 8.31. The maximum Gasteiger partial charge on any atom is 0.293 e. The number of benzene rings is 2. The Morgan fingerprint density at radius 1 is 1.00 bits per heavy atom. The van der Waals surface area contributed by atoms with Crippen LogP contribution >= 0.6 is 11.8 Å². The Morgan fingerprint density at radius 3 is 2.53 bits per heavy atom. The molecular formula is C26H25N3O4S. The van der Waals surface area contributed by atoms with Crippen molar-refractivity contribution in [1.82, 2.24) is 14.4 Å². The summed E-state index contributed by atoms with van der Waals surface area (Å²) in [4.78, 5) is 41.7. The fraction of sp³-hybridized carbons (Fsp3) is 0.269. The Balaban J connectivity index is 1.33. The van der Waals surface area contributed by atoms with Crippen molar-refractivity contribution in [3.63, 3.8) is 0 Å². The SMILES string of the molecule is O=C(Cn1cc(/C=C2\SC(=O)N(CCOc3ccccc3)C2=O)c2ccccc21)N1CCCC1. The first kappa shape index (κ1) is 22.3. The molecule has 0 aliphatic carbocycles. The maximum atomic E-state index is 13.0. The molecule has 0 atom stereocenters. The van der Waals surface area contributed by atoms with E-state index >= 15 is 0 Å². The number of rotatable bonds is 7. The van der Waals surface area contributed by atoms with Crippen LogP contribution in [-0.4, -0.2) is 57.7 Å². The number of para-hydroxylation sites is 2. The van der Waals surface area contributed by atoms with Crippen LogP contribution in [0.5, 0.6) is 5.75 Å². The van der Waals surface area contributed by atoms with Crippen LogP contribution in [0, 0.1) is 0 Å². The number of hydrogen-bond donors (Lipinski definition) is 0. The van der Waals surface area contributed by atoms with Crippen LogP contribution in [0.3, 0.4) is 0 Å². The zero-order valence-electron chi connectivity index (χ0n) is 18.7. The zero-order chi connectivity index (χ0) is 23.5. The third-order valence-electron chi connectivity index (χ3n) is 6.07. The molecule has 0 unspecified atom stereocenters. The van der Waals surface area contributed by atoms with Gasteiger partial charge in [-0.3, -0.25) is 19.3 Å². The summed E-state index contributed by atoms with van der Waals surface area (Å²) in [5, 5.41) is 0.636. The Morgan fingerprint density at radius 2 is 1.74 bits per heavy atom. The predicted octanol–water partition coefficient (Wildman–Crippen LogP) is 4.38. The van der Waals surface area contributed by atoms with E-state index in [1.807, 2.05) is 70.3 Å². The number of ether oxygens (including phenoxy) is 1. The quantitative estimate of drug-likeness (QED) is 0.474. The smallest absolute Gasteiger partial charge is 0.293 e. The molecule has 2 aliphatic rings. The van der Waals surface area contributed by atoms with Crippen molar-refractivity contribution < 1.29 is 19.1 Å². The molecule has 3 heterocycles. The molecule has 3 amide bonds. The molecule has 0 saturated carbocycles. The Kier molecular flexibility index (Phi) is 6.40. The molecule has 0 N–H and O–H groups in total. The number of hydrogen-bond acceptors (Lipinski definition) is 5. The number of imide groups is 1. The lowest BCUT2D eigenvalue weighted by atomic mass is 10.1. The fourth-order valence-corrected chi connectivity index (χ4v) is 5.19. The normalized spacial score (nSPS) is 17.4. The van der Waals surface area contributed by atoms with E-state index < -0.39 is 0 Å². The number of thioether (sulfide) groups is 1. The minimum atomic E-state index is -0.323. The third-order valence-corrected chi connectivity index (χ3v) is 6.98.